The lowest BCUT2D eigenvalue weighted by molar-refractivity contribution is -0.115. The third kappa shape index (κ3) is 4.42. The number of furan rings is 1. The smallest absolute Gasteiger partial charge is 0.247 e. The lowest BCUT2D eigenvalue weighted by Gasteiger charge is -2.27. The Morgan fingerprint density at radius 1 is 1.33 bits per heavy atom. The van der Waals surface area contributed by atoms with Gasteiger partial charge in [-0.2, -0.15) is 5.26 Å². The summed E-state index contributed by atoms with van der Waals surface area (Å²) in [5, 5.41) is 13.6. The lowest BCUT2D eigenvalue weighted by atomic mass is 9.82. The monoisotopic (exact) mass is 442 g/mol. The van der Waals surface area contributed by atoms with Crippen LogP contribution in [0.5, 0.6) is 0 Å². The van der Waals surface area contributed by atoms with Gasteiger partial charge in [-0.05, 0) is 43.7 Å². The molecule has 1 aliphatic rings. The molecule has 2 atom stereocenters. The second-order valence-electron chi connectivity index (χ2n) is 6.66. The molecule has 0 spiro atoms. The summed E-state index contributed by atoms with van der Waals surface area (Å²) in [6, 6.07) is 10.8. The van der Waals surface area contributed by atoms with Gasteiger partial charge >= 0.3 is 0 Å². The van der Waals surface area contributed by atoms with Crippen LogP contribution in [0.25, 0.3) is 0 Å². The number of amides is 2. The first kappa shape index (κ1) is 21.7. The minimum atomic E-state index is -0.798. The number of carbonyl (C=O) groups is 2. The van der Waals surface area contributed by atoms with Crippen LogP contribution in [-0.4, -0.2) is 22.6 Å². The van der Waals surface area contributed by atoms with E-state index < -0.39 is 17.7 Å². The Hall–Kier alpha value is -3.02. The van der Waals surface area contributed by atoms with E-state index in [-0.39, 0.29) is 17.2 Å². The van der Waals surface area contributed by atoms with Gasteiger partial charge in [-0.25, -0.2) is 4.99 Å². The predicted octanol–water partition coefficient (Wildman–Crippen LogP) is 4.01. The van der Waals surface area contributed by atoms with Crippen molar-refractivity contribution in [1.29, 1.82) is 5.26 Å². The molecule has 2 heterocycles. The molecule has 0 radical (unpaired) electrons. The standard InChI is InChI=1S/C21H19ClN4O3S/c1-11-14(22)5-3-6-15(11)26-17(27)10-30-21-13(9-23)19(16-7-4-8-29-16)18(20(24)28)12(2)25-21/h3-8,13,19H,10H2,1-2H3,(H2,24,28)(H,26,27)/t13?,19-/m0/s1. The summed E-state index contributed by atoms with van der Waals surface area (Å²) in [5.41, 5.74) is 7.58. The van der Waals surface area contributed by atoms with E-state index in [9.17, 15) is 14.9 Å². The van der Waals surface area contributed by atoms with Gasteiger partial charge in [-0.3, -0.25) is 9.59 Å². The summed E-state index contributed by atoms with van der Waals surface area (Å²) in [6.45, 7) is 3.47. The molecule has 9 heteroatoms. The van der Waals surface area contributed by atoms with E-state index in [1.165, 1.54) is 6.26 Å². The Labute approximate surface area is 183 Å². The van der Waals surface area contributed by atoms with Gasteiger partial charge in [0.15, 0.2) is 0 Å². The van der Waals surface area contributed by atoms with Crippen molar-refractivity contribution in [3.8, 4) is 6.07 Å². The van der Waals surface area contributed by atoms with Crippen molar-refractivity contribution < 1.29 is 14.0 Å². The zero-order chi connectivity index (χ0) is 21.8. The second kappa shape index (κ2) is 9.20. The molecule has 0 fully saturated rings. The average molecular weight is 443 g/mol. The summed E-state index contributed by atoms with van der Waals surface area (Å²) >= 11 is 7.23. The molecule has 0 bridgehead atoms. The van der Waals surface area contributed by atoms with Crippen molar-refractivity contribution in [2.24, 2.45) is 16.6 Å². The molecule has 1 aliphatic heterocycles. The Morgan fingerprint density at radius 2 is 2.10 bits per heavy atom. The SMILES string of the molecule is CC1=C(C(N)=O)[C@H](c2ccco2)C(C#N)C(SCC(=O)Nc2cccc(Cl)c2C)=N1. The molecule has 1 aromatic carbocycles. The number of aliphatic imine (C=N–C) groups is 1. The van der Waals surface area contributed by atoms with Crippen molar-refractivity contribution in [2.75, 3.05) is 11.1 Å². The van der Waals surface area contributed by atoms with Crippen LogP contribution in [0.15, 0.2) is 57.3 Å². The molecule has 0 saturated carbocycles. The number of nitriles is 1. The summed E-state index contributed by atoms with van der Waals surface area (Å²) in [5.74, 6) is -1.92. The number of halogens is 1. The van der Waals surface area contributed by atoms with Crippen LogP contribution in [0.2, 0.25) is 5.02 Å². The van der Waals surface area contributed by atoms with Crippen LogP contribution in [0, 0.1) is 24.2 Å². The van der Waals surface area contributed by atoms with Crippen molar-refractivity contribution in [3.05, 3.63) is 64.2 Å². The number of carbonyl (C=O) groups excluding carboxylic acids is 2. The molecule has 3 N–H and O–H groups in total. The van der Waals surface area contributed by atoms with Crippen LogP contribution in [0.3, 0.4) is 0 Å². The van der Waals surface area contributed by atoms with E-state index in [0.29, 0.717) is 27.2 Å². The van der Waals surface area contributed by atoms with Crippen LogP contribution >= 0.6 is 23.4 Å². The predicted molar refractivity (Wildman–Crippen MR) is 117 cm³/mol. The second-order valence-corrected chi connectivity index (χ2v) is 8.07. The largest absolute Gasteiger partial charge is 0.469 e. The normalized spacial score (nSPS) is 18.5. The summed E-state index contributed by atoms with van der Waals surface area (Å²) in [6.07, 6.45) is 1.47. The number of primary amides is 1. The average Bonchev–Trinajstić information content (AvgIpc) is 3.23. The van der Waals surface area contributed by atoms with Crippen molar-refractivity contribution in [1.82, 2.24) is 0 Å². The number of thioether (sulfide) groups is 1. The number of benzene rings is 1. The number of allylic oxidation sites excluding steroid dienone is 1. The van der Waals surface area contributed by atoms with Crippen LogP contribution in [0.1, 0.15) is 24.2 Å². The first-order chi connectivity index (χ1) is 14.3. The fourth-order valence-electron chi connectivity index (χ4n) is 3.26. The third-order valence-electron chi connectivity index (χ3n) is 4.73. The first-order valence-electron chi connectivity index (χ1n) is 9.03. The highest BCUT2D eigenvalue weighted by Crippen LogP contribution is 2.41. The Bertz CT molecular complexity index is 1090. The van der Waals surface area contributed by atoms with Crippen LogP contribution in [-0.2, 0) is 9.59 Å². The van der Waals surface area contributed by atoms with Crippen molar-refractivity contribution in [2.45, 2.75) is 19.8 Å². The number of nitrogens with one attached hydrogen (secondary N) is 1. The Kier molecular flexibility index (Phi) is 6.65. The number of hydrogen-bond donors (Lipinski definition) is 2. The summed E-state index contributed by atoms with van der Waals surface area (Å²) in [4.78, 5) is 28.9. The molecule has 2 amide bonds. The van der Waals surface area contributed by atoms with Gasteiger partial charge in [0.05, 0.1) is 34.6 Å². The van der Waals surface area contributed by atoms with E-state index in [1.54, 1.807) is 37.3 Å². The van der Waals surface area contributed by atoms with Gasteiger partial charge in [0, 0.05) is 16.4 Å². The van der Waals surface area contributed by atoms with Crippen molar-refractivity contribution in [3.63, 3.8) is 0 Å². The molecule has 7 nitrogen and oxygen atoms in total. The quantitative estimate of drug-likeness (QED) is 0.724. The highest BCUT2D eigenvalue weighted by molar-refractivity contribution is 8.14. The summed E-state index contributed by atoms with van der Waals surface area (Å²) < 4.78 is 5.46. The molecule has 2 aromatic rings. The van der Waals surface area contributed by atoms with E-state index in [0.717, 1.165) is 17.3 Å². The molecule has 1 aromatic heterocycles. The van der Waals surface area contributed by atoms with Gasteiger partial charge in [-0.15, -0.1) is 0 Å². The van der Waals surface area contributed by atoms with Gasteiger partial charge in [0.1, 0.15) is 11.7 Å². The van der Waals surface area contributed by atoms with Gasteiger partial charge in [-0.1, -0.05) is 29.4 Å². The minimum Gasteiger partial charge on any atom is -0.469 e. The first-order valence-corrected chi connectivity index (χ1v) is 10.4. The van der Waals surface area contributed by atoms with Crippen molar-refractivity contribution >= 4 is 45.9 Å². The molecule has 0 aliphatic carbocycles. The minimum absolute atomic E-state index is 0.0347. The zero-order valence-corrected chi connectivity index (χ0v) is 17.9. The zero-order valence-electron chi connectivity index (χ0n) is 16.3. The van der Waals surface area contributed by atoms with E-state index in [2.05, 4.69) is 16.4 Å². The Balaban J connectivity index is 1.82. The van der Waals surface area contributed by atoms with Gasteiger partial charge in [0.25, 0.3) is 0 Å². The number of nitrogens with two attached hydrogens (primary N) is 1. The molecular formula is C21H19ClN4O3S. The fourth-order valence-corrected chi connectivity index (χ4v) is 4.35. The van der Waals surface area contributed by atoms with Crippen LogP contribution < -0.4 is 11.1 Å². The lowest BCUT2D eigenvalue weighted by Crippen LogP contribution is -2.32. The molecule has 0 saturated heterocycles. The maximum atomic E-state index is 12.5. The fraction of sp³-hybridized carbons (Fsp3) is 0.238. The topological polar surface area (TPSA) is 121 Å². The maximum Gasteiger partial charge on any atom is 0.247 e. The summed E-state index contributed by atoms with van der Waals surface area (Å²) in [7, 11) is 0. The van der Waals surface area contributed by atoms with Crippen LogP contribution in [0.4, 0.5) is 5.69 Å². The highest BCUT2D eigenvalue weighted by Gasteiger charge is 2.39. The molecule has 30 heavy (non-hydrogen) atoms. The number of anilines is 1. The number of nitrogens with zero attached hydrogens (tertiary/aromatic N) is 2. The van der Waals surface area contributed by atoms with E-state index in [1.807, 2.05) is 6.92 Å². The molecule has 1 unspecified atom stereocenters. The molecule has 154 valence electrons. The third-order valence-corrected chi connectivity index (χ3v) is 6.18. The van der Waals surface area contributed by atoms with E-state index >= 15 is 0 Å². The van der Waals surface area contributed by atoms with Gasteiger partial charge < -0.3 is 15.5 Å². The molecule has 3 rings (SSSR count). The Morgan fingerprint density at radius 3 is 2.73 bits per heavy atom. The highest BCUT2D eigenvalue weighted by atomic mass is 35.5. The van der Waals surface area contributed by atoms with Gasteiger partial charge in [0.2, 0.25) is 11.8 Å². The maximum absolute atomic E-state index is 12.5. The number of hydrogen-bond acceptors (Lipinski definition) is 6. The number of rotatable bonds is 5. The van der Waals surface area contributed by atoms with E-state index in [4.69, 9.17) is 21.8 Å². The molecular weight excluding hydrogens is 424 g/mol.